The van der Waals surface area contributed by atoms with Gasteiger partial charge in [0.05, 0.1) is 6.54 Å². The normalized spacial score (nSPS) is 10.4. The number of urea groups is 1. The monoisotopic (exact) mass is 526 g/mol. The van der Waals surface area contributed by atoms with Crippen LogP contribution in [0.2, 0.25) is 0 Å². The fourth-order valence-electron chi connectivity index (χ4n) is 3.73. The summed E-state index contributed by atoms with van der Waals surface area (Å²) in [5.74, 6) is -1.30. The first-order chi connectivity index (χ1) is 18.9. The van der Waals surface area contributed by atoms with E-state index in [0.717, 1.165) is 16.9 Å². The molecule has 3 N–H and O–H groups in total. The van der Waals surface area contributed by atoms with Gasteiger partial charge in [0.15, 0.2) is 6.61 Å². The highest BCUT2D eigenvalue weighted by atomic mass is 16.5. The van der Waals surface area contributed by atoms with E-state index >= 15 is 0 Å². The number of nitrogens with zero attached hydrogens (tertiary/aromatic N) is 1. The van der Waals surface area contributed by atoms with Crippen molar-refractivity contribution in [2.75, 3.05) is 11.5 Å². The van der Waals surface area contributed by atoms with Gasteiger partial charge in [0.1, 0.15) is 22.8 Å². The molecule has 0 radical (unpaired) electrons. The maximum Gasteiger partial charge on any atom is 0.341 e. The first kappa shape index (κ1) is 26.7. The van der Waals surface area contributed by atoms with Gasteiger partial charge in [0.25, 0.3) is 0 Å². The molecule has 0 saturated heterocycles. The Labute approximate surface area is 224 Å². The number of anilines is 1. The molecular formula is C30H26N2O7. The topological polar surface area (TPSA) is 125 Å². The number of hydrogen-bond donors (Lipinski definition) is 3. The highest BCUT2D eigenvalue weighted by Gasteiger charge is 2.20. The molecule has 4 rings (SSSR count). The molecule has 39 heavy (non-hydrogen) atoms. The molecule has 9 heteroatoms. The lowest BCUT2D eigenvalue weighted by Gasteiger charge is -2.24. The maximum absolute atomic E-state index is 13.4. The van der Waals surface area contributed by atoms with Crippen molar-refractivity contribution < 1.29 is 34.1 Å². The van der Waals surface area contributed by atoms with Crippen LogP contribution in [0, 0.1) is 0 Å². The number of para-hydroxylation sites is 1. The van der Waals surface area contributed by atoms with Gasteiger partial charge >= 0.3 is 18.0 Å². The summed E-state index contributed by atoms with van der Waals surface area (Å²) < 4.78 is 11.0. The van der Waals surface area contributed by atoms with E-state index in [1.54, 1.807) is 0 Å². The van der Waals surface area contributed by atoms with Gasteiger partial charge in [-0.25, -0.2) is 14.4 Å². The number of benzene rings is 4. The molecule has 0 aliphatic heterocycles. The van der Waals surface area contributed by atoms with E-state index in [-0.39, 0.29) is 24.4 Å². The van der Waals surface area contributed by atoms with Crippen LogP contribution in [0.1, 0.15) is 21.5 Å². The van der Waals surface area contributed by atoms with Crippen molar-refractivity contribution in [2.45, 2.75) is 13.1 Å². The Kier molecular flexibility index (Phi) is 8.76. The van der Waals surface area contributed by atoms with Gasteiger partial charge in [0, 0.05) is 18.3 Å². The SMILES string of the molecule is O=C(O)COc1cc(N(Cc2ccccc2)C(=O)NCc2ccc(Oc3ccccc3)cc2)ccc1C(=O)O. The van der Waals surface area contributed by atoms with E-state index in [2.05, 4.69) is 5.32 Å². The fourth-order valence-corrected chi connectivity index (χ4v) is 3.73. The molecule has 0 aromatic heterocycles. The lowest BCUT2D eigenvalue weighted by atomic mass is 10.1. The Morgan fingerprint density at radius 2 is 1.38 bits per heavy atom. The molecule has 198 valence electrons. The summed E-state index contributed by atoms with van der Waals surface area (Å²) >= 11 is 0. The van der Waals surface area contributed by atoms with E-state index in [1.807, 2.05) is 84.9 Å². The molecule has 2 amide bonds. The standard InChI is InChI=1S/C30H26N2O7/c33-28(34)20-38-27-17-23(13-16-26(27)29(35)36)32(19-22-7-3-1-4-8-22)30(37)31-18-21-11-14-25(15-12-21)39-24-9-5-2-6-10-24/h1-17H,18-20H2,(H,31,37)(H,33,34)(H,35,36). The predicted molar refractivity (Wildman–Crippen MR) is 144 cm³/mol. The van der Waals surface area contributed by atoms with Crippen molar-refractivity contribution in [1.82, 2.24) is 5.32 Å². The van der Waals surface area contributed by atoms with Crippen LogP contribution in [0.3, 0.4) is 0 Å². The maximum atomic E-state index is 13.4. The molecule has 0 aliphatic rings. The van der Waals surface area contributed by atoms with Crippen LogP contribution in [-0.2, 0) is 17.9 Å². The van der Waals surface area contributed by atoms with Gasteiger partial charge in [-0.15, -0.1) is 0 Å². The van der Waals surface area contributed by atoms with Crippen LogP contribution < -0.4 is 19.7 Å². The second-order valence-corrected chi connectivity index (χ2v) is 8.46. The number of ether oxygens (including phenoxy) is 2. The van der Waals surface area contributed by atoms with Crippen molar-refractivity contribution in [1.29, 1.82) is 0 Å². The Hall–Kier alpha value is -5.31. The van der Waals surface area contributed by atoms with Crippen LogP contribution in [0.15, 0.2) is 103 Å². The zero-order chi connectivity index (χ0) is 27.6. The third-order valence-electron chi connectivity index (χ3n) is 5.63. The highest BCUT2D eigenvalue weighted by Crippen LogP contribution is 2.28. The molecule has 0 fully saturated rings. The van der Waals surface area contributed by atoms with E-state index < -0.39 is 24.6 Å². The number of aromatic carboxylic acids is 1. The van der Waals surface area contributed by atoms with Crippen LogP contribution in [0.25, 0.3) is 0 Å². The molecule has 0 spiro atoms. The number of nitrogens with one attached hydrogen (secondary N) is 1. The highest BCUT2D eigenvalue weighted by molar-refractivity contribution is 5.95. The largest absolute Gasteiger partial charge is 0.481 e. The second-order valence-electron chi connectivity index (χ2n) is 8.46. The quantitative estimate of drug-likeness (QED) is 0.234. The summed E-state index contributed by atoms with van der Waals surface area (Å²) in [7, 11) is 0. The number of carboxylic acids is 2. The van der Waals surface area contributed by atoms with Crippen molar-refractivity contribution in [3.63, 3.8) is 0 Å². The van der Waals surface area contributed by atoms with Crippen molar-refractivity contribution in [2.24, 2.45) is 0 Å². The third kappa shape index (κ3) is 7.59. The Balaban J connectivity index is 1.52. The summed E-state index contributed by atoms with van der Waals surface area (Å²) in [6.07, 6.45) is 0. The van der Waals surface area contributed by atoms with Crippen molar-refractivity contribution >= 4 is 23.7 Å². The smallest absolute Gasteiger partial charge is 0.341 e. The lowest BCUT2D eigenvalue weighted by Crippen LogP contribution is -2.39. The summed E-state index contributed by atoms with van der Waals surface area (Å²) in [6, 6.07) is 29.7. The Bertz CT molecular complexity index is 1430. The Morgan fingerprint density at radius 1 is 0.744 bits per heavy atom. The second kappa shape index (κ2) is 12.8. The van der Waals surface area contributed by atoms with Crippen LogP contribution in [0.4, 0.5) is 10.5 Å². The fraction of sp³-hybridized carbons (Fsp3) is 0.100. The minimum atomic E-state index is -1.28. The summed E-state index contributed by atoms with van der Waals surface area (Å²) in [5, 5.41) is 21.4. The van der Waals surface area contributed by atoms with E-state index in [9.17, 15) is 19.5 Å². The summed E-state index contributed by atoms with van der Waals surface area (Å²) in [4.78, 5) is 37.4. The van der Waals surface area contributed by atoms with Gasteiger partial charge in [-0.3, -0.25) is 4.90 Å². The van der Waals surface area contributed by atoms with Gasteiger partial charge < -0.3 is 25.0 Å². The zero-order valence-corrected chi connectivity index (χ0v) is 20.8. The number of hydrogen-bond acceptors (Lipinski definition) is 5. The first-order valence-corrected chi connectivity index (χ1v) is 12.0. The number of rotatable bonds is 11. The number of carbonyl (C=O) groups excluding carboxylic acids is 1. The zero-order valence-electron chi connectivity index (χ0n) is 20.8. The number of carbonyl (C=O) groups is 3. The minimum Gasteiger partial charge on any atom is -0.481 e. The molecular weight excluding hydrogens is 500 g/mol. The number of carboxylic acid groups (broad SMARTS) is 2. The average molecular weight is 527 g/mol. The predicted octanol–water partition coefficient (Wildman–Crippen LogP) is 5.56. The van der Waals surface area contributed by atoms with Gasteiger partial charge in [0.2, 0.25) is 0 Å². The summed E-state index contributed by atoms with van der Waals surface area (Å²) in [6.45, 7) is -0.314. The Morgan fingerprint density at radius 3 is 2.03 bits per heavy atom. The molecule has 9 nitrogen and oxygen atoms in total. The van der Waals surface area contributed by atoms with Gasteiger partial charge in [-0.2, -0.15) is 0 Å². The van der Waals surface area contributed by atoms with E-state index in [4.69, 9.17) is 14.6 Å². The van der Waals surface area contributed by atoms with Crippen molar-refractivity contribution in [3.05, 3.63) is 120 Å². The summed E-state index contributed by atoms with van der Waals surface area (Å²) in [5.41, 5.74) is 1.81. The van der Waals surface area contributed by atoms with Crippen molar-refractivity contribution in [3.8, 4) is 17.2 Å². The molecule has 0 bridgehead atoms. The number of aliphatic carboxylic acids is 1. The molecule has 0 atom stereocenters. The molecule has 0 aliphatic carbocycles. The minimum absolute atomic E-state index is 0.151. The van der Waals surface area contributed by atoms with Gasteiger partial charge in [-0.1, -0.05) is 60.7 Å². The lowest BCUT2D eigenvalue weighted by molar-refractivity contribution is -0.139. The third-order valence-corrected chi connectivity index (χ3v) is 5.63. The molecule has 4 aromatic rings. The molecule has 0 unspecified atom stereocenters. The van der Waals surface area contributed by atoms with E-state index in [1.165, 1.54) is 23.1 Å². The van der Waals surface area contributed by atoms with Crippen LogP contribution >= 0.6 is 0 Å². The molecule has 0 saturated carbocycles. The van der Waals surface area contributed by atoms with Crippen LogP contribution in [0.5, 0.6) is 17.2 Å². The molecule has 0 heterocycles. The van der Waals surface area contributed by atoms with Crippen LogP contribution in [-0.4, -0.2) is 34.8 Å². The number of amides is 2. The average Bonchev–Trinajstić information content (AvgIpc) is 2.95. The first-order valence-electron chi connectivity index (χ1n) is 12.0. The molecule has 4 aromatic carbocycles. The van der Waals surface area contributed by atoms with E-state index in [0.29, 0.717) is 11.4 Å². The van der Waals surface area contributed by atoms with Gasteiger partial charge in [-0.05, 0) is 47.5 Å².